The molecule has 15 heavy (non-hydrogen) atoms. The minimum absolute atomic E-state index is 0.346. The molecule has 2 aliphatic rings. The van der Waals surface area contributed by atoms with Crippen LogP contribution < -0.4 is 0 Å². The molecule has 2 unspecified atom stereocenters. The molecule has 85 valence electrons. The molecule has 0 amide bonds. The second kappa shape index (κ2) is 6.29. The van der Waals surface area contributed by atoms with Gasteiger partial charge in [-0.25, -0.2) is 0 Å². The molecule has 2 rings (SSSR count). The lowest BCUT2D eigenvalue weighted by atomic mass is 10.0. The summed E-state index contributed by atoms with van der Waals surface area (Å²) in [5.41, 5.74) is 0. The molecule has 1 radical (unpaired) electrons. The molecule has 0 aliphatic carbocycles. The smallest absolute Gasteiger partial charge is 0.0755 e. The molecule has 0 aromatic heterocycles. The van der Waals surface area contributed by atoms with E-state index in [1.54, 1.807) is 0 Å². The summed E-state index contributed by atoms with van der Waals surface area (Å²) < 4.78 is 11.2. The number of rotatable bonds is 3. The second-order valence-electron chi connectivity index (χ2n) is 4.39. The van der Waals surface area contributed by atoms with Crippen LogP contribution in [0, 0.1) is 6.42 Å². The molecule has 0 aromatic carbocycles. The first-order valence-corrected chi connectivity index (χ1v) is 6.20. The first-order valence-electron chi connectivity index (χ1n) is 6.20. The Morgan fingerprint density at radius 3 is 2.07 bits per heavy atom. The predicted octanol–water partition coefficient (Wildman–Crippen LogP) is 2.89. The van der Waals surface area contributed by atoms with E-state index in [0.29, 0.717) is 12.2 Å². The van der Waals surface area contributed by atoms with E-state index in [1.807, 2.05) is 0 Å². The molecular weight excluding hydrogens is 188 g/mol. The Morgan fingerprint density at radius 2 is 1.47 bits per heavy atom. The molecule has 2 nitrogen and oxygen atoms in total. The summed E-state index contributed by atoms with van der Waals surface area (Å²) in [6, 6.07) is 0. The molecule has 2 saturated heterocycles. The molecule has 0 spiro atoms. The average molecular weight is 209 g/mol. The van der Waals surface area contributed by atoms with Crippen molar-refractivity contribution in [3.8, 4) is 0 Å². The summed E-state index contributed by atoms with van der Waals surface area (Å²) in [7, 11) is 0. The fourth-order valence-corrected chi connectivity index (χ4v) is 2.15. The van der Waals surface area contributed by atoms with E-state index >= 15 is 0 Å². The summed E-state index contributed by atoms with van der Waals surface area (Å²) in [6.07, 6.45) is 14.6. The Balaban J connectivity index is 1.64. The normalized spacial score (nSPS) is 33.3. The van der Waals surface area contributed by atoms with Crippen molar-refractivity contribution in [3.63, 3.8) is 0 Å². The maximum Gasteiger partial charge on any atom is 0.0755 e. The topological polar surface area (TPSA) is 18.5 Å². The predicted molar refractivity (Wildman–Crippen MR) is 60.6 cm³/mol. The maximum atomic E-state index is 5.62. The van der Waals surface area contributed by atoms with Gasteiger partial charge < -0.3 is 9.47 Å². The second-order valence-corrected chi connectivity index (χ2v) is 4.39. The van der Waals surface area contributed by atoms with Crippen molar-refractivity contribution in [2.24, 2.45) is 0 Å². The Bertz CT molecular complexity index is 189. The first-order chi connectivity index (χ1) is 7.45. The largest absolute Gasteiger partial charge is 0.378 e. The third kappa shape index (κ3) is 3.96. The van der Waals surface area contributed by atoms with Gasteiger partial charge >= 0.3 is 0 Å². The molecule has 0 N–H and O–H groups in total. The zero-order valence-corrected chi connectivity index (χ0v) is 9.36. The number of ether oxygens (including phenoxy) is 2. The minimum Gasteiger partial charge on any atom is -0.378 e. The molecule has 2 atom stereocenters. The van der Waals surface area contributed by atoms with Crippen molar-refractivity contribution in [2.45, 2.75) is 50.7 Å². The lowest BCUT2D eigenvalue weighted by Gasteiger charge is -2.22. The van der Waals surface area contributed by atoms with Gasteiger partial charge in [0.15, 0.2) is 0 Å². The van der Waals surface area contributed by atoms with Crippen LogP contribution in [0.1, 0.15) is 38.5 Å². The Hall–Kier alpha value is -0.340. The van der Waals surface area contributed by atoms with Gasteiger partial charge in [-0.1, -0.05) is 12.2 Å². The molecule has 2 aliphatic heterocycles. The Morgan fingerprint density at radius 1 is 0.800 bits per heavy atom. The van der Waals surface area contributed by atoms with Crippen molar-refractivity contribution in [2.75, 3.05) is 13.2 Å². The van der Waals surface area contributed by atoms with Crippen LogP contribution >= 0.6 is 0 Å². The Labute approximate surface area is 92.6 Å². The number of hydrogen-bond donors (Lipinski definition) is 0. The van der Waals surface area contributed by atoms with E-state index < -0.39 is 0 Å². The van der Waals surface area contributed by atoms with Crippen LogP contribution in [0.4, 0.5) is 0 Å². The monoisotopic (exact) mass is 209 g/mol. The highest BCUT2D eigenvalue weighted by Gasteiger charge is 2.13. The van der Waals surface area contributed by atoms with Gasteiger partial charge in [0.05, 0.1) is 12.2 Å². The summed E-state index contributed by atoms with van der Waals surface area (Å²) in [5, 5.41) is 0. The van der Waals surface area contributed by atoms with Crippen LogP contribution in [0.25, 0.3) is 0 Å². The lowest BCUT2D eigenvalue weighted by molar-refractivity contribution is 0.0378. The average Bonchev–Trinajstić information content (AvgIpc) is 2.32. The van der Waals surface area contributed by atoms with E-state index in [4.69, 9.17) is 9.47 Å². The molecule has 2 fully saturated rings. The third-order valence-corrected chi connectivity index (χ3v) is 3.08. The van der Waals surface area contributed by atoms with Gasteiger partial charge in [-0.2, -0.15) is 0 Å². The molecule has 2 heterocycles. The van der Waals surface area contributed by atoms with Crippen molar-refractivity contribution in [1.82, 2.24) is 0 Å². The van der Waals surface area contributed by atoms with Crippen LogP contribution in [-0.4, -0.2) is 25.4 Å². The van der Waals surface area contributed by atoms with Crippen LogP contribution in [0.2, 0.25) is 0 Å². The van der Waals surface area contributed by atoms with Crippen LogP contribution in [0.15, 0.2) is 12.2 Å². The summed E-state index contributed by atoms with van der Waals surface area (Å²) in [6.45, 7) is 1.85. The van der Waals surface area contributed by atoms with Gasteiger partial charge in [0.1, 0.15) is 0 Å². The van der Waals surface area contributed by atoms with E-state index in [9.17, 15) is 0 Å². The van der Waals surface area contributed by atoms with Crippen molar-refractivity contribution < 1.29 is 9.47 Å². The SMILES string of the molecule is [CH](/C=C/C1CCCCO1)C1CCCCO1. The summed E-state index contributed by atoms with van der Waals surface area (Å²) in [4.78, 5) is 0. The molecular formula is C13H21O2. The summed E-state index contributed by atoms with van der Waals surface area (Å²) in [5.74, 6) is 0. The highest BCUT2D eigenvalue weighted by atomic mass is 16.5. The van der Waals surface area contributed by atoms with E-state index in [2.05, 4.69) is 18.6 Å². The van der Waals surface area contributed by atoms with E-state index in [0.717, 1.165) is 13.2 Å². The van der Waals surface area contributed by atoms with Gasteiger partial charge in [0, 0.05) is 19.6 Å². The third-order valence-electron chi connectivity index (χ3n) is 3.08. The van der Waals surface area contributed by atoms with Crippen molar-refractivity contribution in [1.29, 1.82) is 0 Å². The number of hydrogen-bond acceptors (Lipinski definition) is 2. The molecule has 0 aromatic rings. The highest BCUT2D eigenvalue weighted by molar-refractivity contribution is 5.03. The van der Waals surface area contributed by atoms with E-state index in [-0.39, 0.29) is 0 Å². The van der Waals surface area contributed by atoms with Gasteiger partial charge in [-0.05, 0) is 38.5 Å². The lowest BCUT2D eigenvalue weighted by Crippen LogP contribution is -2.19. The molecule has 0 saturated carbocycles. The maximum absolute atomic E-state index is 5.62. The zero-order chi connectivity index (χ0) is 10.3. The Kier molecular flexibility index (Phi) is 4.68. The first kappa shape index (κ1) is 11.2. The van der Waals surface area contributed by atoms with Crippen LogP contribution in [0.3, 0.4) is 0 Å². The van der Waals surface area contributed by atoms with Gasteiger partial charge in [0.25, 0.3) is 0 Å². The fraction of sp³-hybridized carbons (Fsp3) is 0.769. The fourth-order valence-electron chi connectivity index (χ4n) is 2.15. The van der Waals surface area contributed by atoms with Gasteiger partial charge in [-0.15, -0.1) is 0 Å². The van der Waals surface area contributed by atoms with Crippen LogP contribution in [-0.2, 0) is 9.47 Å². The quantitative estimate of drug-likeness (QED) is 0.711. The van der Waals surface area contributed by atoms with Crippen molar-refractivity contribution >= 4 is 0 Å². The minimum atomic E-state index is 0.346. The van der Waals surface area contributed by atoms with E-state index in [1.165, 1.54) is 38.5 Å². The zero-order valence-electron chi connectivity index (χ0n) is 9.36. The standard InChI is InChI=1S/C13H21O2/c1-3-10-14-12(6-1)8-5-9-13-7-2-4-11-15-13/h5,8-9,12-13H,1-4,6-7,10-11H2/b8-5+. The van der Waals surface area contributed by atoms with Gasteiger partial charge in [0.2, 0.25) is 0 Å². The molecule has 2 heteroatoms. The molecule has 0 bridgehead atoms. The van der Waals surface area contributed by atoms with Gasteiger partial charge in [-0.3, -0.25) is 0 Å². The summed E-state index contributed by atoms with van der Waals surface area (Å²) >= 11 is 0. The van der Waals surface area contributed by atoms with Crippen molar-refractivity contribution in [3.05, 3.63) is 18.6 Å². The highest BCUT2D eigenvalue weighted by Crippen LogP contribution is 2.17. The van der Waals surface area contributed by atoms with Crippen LogP contribution in [0.5, 0.6) is 0 Å².